The molecule has 0 amide bonds. The number of benzene rings is 4. The van der Waals surface area contributed by atoms with E-state index < -0.39 is 0 Å². The van der Waals surface area contributed by atoms with Gasteiger partial charge in [-0.2, -0.15) is 0 Å². The number of pyridine rings is 1. The van der Waals surface area contributed by atoms with E-state index in [1.165, 1.54) is 27.3 Å². The monoisotopic (exact) mass is 333 g/mol. The zero-order valence-electron chi connectivity index (χ0n) is 14.4. The molecule has 0 unspecified atom stereocenters. The van der Waals surface area contributed by atoms with Gasteiger partial charge in [0.25, 0.3) is 0 Å². The largest absolute Gasteiger partial charge is 0.256 e. The summed E-state index contributed by atoms with van der Waals surface area (Å²) in [4.78, 5) is 4.41. The van der Waals surface area contributed by atoms with E-state index in [1.807, 2.05) is 24.4 Å². The van der Waals surface area contributed by atoms with Crippen LogP contribution in [-0.4, -0.2) is 4.98 Å². The molecule has 0 aliphatic carbocycles. The molecule has 0 atom stereocenters. The lowest BCUT2D eigenvalue weighted by Gasteiger charge is -2.01. The molecule has 0 bridgehead atoms. The van der Waals surface area contributed by atoms with Gasteiger partial charge in [-0.1, -0.05) is 103 Å². The van der Waals surface area contributed by atoms with Gasteiger partial charge in [0.05, 0.1) is 5.52 Å². The van der Waals surface area contributed by atoms with E-state index in [9.17, 15) is 0 Å². The fourth-order valence-corrected chi connectivity index (χ4v) is 3.08. The first-order chi connectivity index (χ1) is 12.9. The number of nitrogens with zero attached hydrogens (tertiary/aromatic N) is 1. The van der Waals surface area contributed by atoms with Gasteiger partial charge in [-0.25, -0.2) is 0 Å². The summed E-state index contributed by atoms with van der Waals surface area (Å²) in [5.41, 5.74) is 3.64. The molecule has 4 aromatic carbocycles. The van der Waals surface area contributed by atoms with E-state index in [-0.39, 0.29) is 0 Å². The van der Waals surface area contributed by atoms with Crippen LogP contribution in [0.25, 0.3) is 32.8 Å². The van der Waals surface area contributed by atoms with E-state index in [4.69, 9.17) is 0 Å². The molecule has 0 aliphatic rings. The molecule has 5 rings (SSSR count). The van der Waals surface area contributed by atoms with Gasteiger partial charge < -0.3 is 0 Å². The lowest BCUT2D eigenvalue weighted by molar-refractivity contribution is 1.43. The molecule has 0 saturated carbocycles. The van der Waals surface area contributed by atoms with Crippen LogP contribution in [-0.2, 0) is 0 Å². The summed E-state index contributed by atoms with van der Waals surface area (Å²) < 4.78 is 0. The molecular formula is C25H19N. The van der Waals surface area contributed by atoms with Crippen molar-refractivity contribution in [1.82, 2.24) is 4.98 Å². The minimum absolute atomic E-state index is 1.09. The van der Waals surface area contributed by atoms with Crippen LogP contribution in [0.5, 0.6) is 0 Å². The predicted octanol–water partition coefficient (Wildman–Crippen LogP) is 6.74. The molecule has 26 heavy (non-hydrogen) atoms. The summed E-state index contributed by atoms with van der Waals surface area (Å²) in [7, 11) is 0. The summed E-state index contributed by atoms with van der Waals surface area (Å²) in [6, 6.07) is 37.4. The fraction of sp³-hybridized carbons (Fsp3) is 0. The van der Waals surface area contributed by atoms with Crippen molar-refractivity contribution in [1.29, 1.82) is 0 Å². The molecule has 1 heteroatoms. The Balaban J connectivity index is 0.000000131. The quantitative estimate of drug-likeness (QED) is 0.309. The zero-order valence-corrected chi connectivity index (χ0v) is 14.4. The second kappa shape index (κ2) is 7.62. The SMILES string of the molecule is c1ccc(-c2ccccc2)cc1.c1ccc2c(c1)ccc1cccnc12. The molecule has 0 spiro atoms. The van der Waals surface area contributed by atoms with Crippen molar-refractivity contribution in [3.05, 3.63) is 115 Å². The van der Waals surface area contributed by atoms with Gasteiger partial charge in [0.15, 0.2) is 0 Å². The molecule has 1 aromatic heterocycles. The standard InChI is InChI=1S/C13H9N.C12H10/c1-2-6-12-10(4-1)7-8-11-5-3-9-14-13(11)12;1-3-7-11(8-4-1)12-9-5-2-6-10-12/h1-9H;1-10H. The average Bonchev–Trinajstić information content (AvgIpc) is 2.75. The Bertz CT molecular complexity index is 1020. The molecule has 124 valence electrons. The fourth-order valence-electron chi connectivity index (χ4n) is 3.08. The third-order valence-electron chi connectivity index (χ3n) is 4.38. The van der Waals surface area contributed by atoms with Crippen LogP contribution in [0.15, 0.2) is 115 Å². The van der Waals surface area contributed by atoms with E-state index in [0.29, 0.717) is 0 Å². The Kier molecular flexibility index (Phi) is 4.70. The lowest BCUT2D eigenvalue weighted by atomic mass is 10.1. The first-order valence-electron chi connectivity index (χ1n) is 8.75. The van der Waals surface area contributed by atoms with Crippen LogP contribution in [0.1, 0.15) is 0 Å². The van der Waals surface area contributed by atoms with Crippen molar-refractivity contribution in [2.45, 2.75) is 0 Å². The highest BCUT2D eigenvalue weighted by Crippen LogP contribution is 2.22. The highest BCUT2D eigenvalue weighted by Gasteiger charge is 1.98. The molecule has 0 radical (unpaired) electrons. The lowest BCUT2D eigenvalue weighted by Crippen LogP contribution is -1.79. The normalized spacial score (nSPS) is 10.3. The Labute approximate surface area is 153 Å². The molecular weight excluding hydrogens is 314 g/mol. The minimum atomic E-state index is 1.09. The number of hydrogen-bond donors (Lipinski definition) is 0. The molecule has 1 heterocycles. The van der Waals surface area contributed by atoms with Gasteiger partial charge in [-0.05, 0) is 22.6 Å². The van der Waals surface area contributed by atoms with Gasteiger partial charge in [-0.3, -0.25) is 4.98 Å². The number of rotatable bonds is 1. The van der Waals surface area contributed by atoms with Crippen LogP contribution in [0.3, 0.4) is 0 Å². The highest BCUT2D eigenvalue weighted by atomic mass is 14.6. The second-order valence-electron chi connectivity index (χ2n) is 6.09. The van der Waals surface area contributed by atoms with Crippen molar-refractivity contribution < 1.29 is 0 Å². The Morgan fingerprint density at radius 1 is 0.423 bits per heavy atom. The summed E-state index contributed by atoms with van der Waals surface area (Å²) in [5, 5.41) is 3.68. The summed E-state index contributed by atoms with van der Waals surface area (Å²) in [6.07, 6.45) is 1.84. The van der Waals surface area contributed by atoms with Crippen molar-refractivity contribution in [3.63, 3.8) is 0 Å². The first-order valence-corrected chi connectivity index (χ1v) is 8.75. The maximum atomic E-state index is 4.41. The number of hydrogen-bond acceptors (Lipinski definition) is 1. The molecule has 0 fully saturated rings. The number of aromatic nitrogens is 1. The van der Waals surface area contributed by atoms with E-state index in [1.54, 1.807) is 0 Å². The molecule has 1 nitrogen and oxygen atoms in total. The van der Waals surface area contributed by atoms with Crippen LogP contribution < -0.4 is 0 Å². The van der Waals surface area contributed by atoms with Crippen LogP contribution in [0.2, 0.25) is 0 Å². The van der Waals surface area contributed by atoms with Gasteiger partial charge in [0, 0.05) is 17.0 Å². The Morgan fingerprint density at radius 3 is 1.65 bits per heavy atom. The minimum Gasteiger partial charge on any atom is -0.256 e. The van der Waals surface area contributed by atoms with Crippen LogP contribution >= 0.6 is 0 Å². The third-order valence-corrected chi connectivity index (χ3v) is 4.38. The predicted molar refractivity (Wildman–Crippen MR) is 111 cm³/mol. The van der Waals surface area contributed by atoms with Crippen LogP contribution in [0, 0.1) is 0 Å². The molecule has 0 aliphatic heterocycles. The van der Waals surface area contributed by atoms with Crippen molar-refractivity contribution in [3.8, 4) is 11.1 Å². The maximum Gasteiger partial charge on any atom is 0.0780 e. The summed E-state index contributed by atoms with van der Waals surface area (Å²) in [5.74, 6) is 0. The second-order valence-corrected chi connectivity index (χ2v) is 6.09. The summed E-state index contributed by atoms with van der Waals surface area (Å²) >= 11 is 0. The van der Waals surface area contributed by atoms with Gasteiger partial charge >= 0.3 is 0 Å². The zero-order chi connectivity index (χ0) is 17.6. The van der Waals surface area contributed by atoms with Gasteiger partial charge in [-0.15, -0.1) is 0 Å². The molecule has 0 saturated heterocycles. The average molecular weight is 333 g/mol. The van der Waals surface area contributed by atoms with E-state index in [0.717, 1.165) is 5.52 Å². The van der Waals surface area contributed by atoms with Crippen molar-refractivity contribution in [2.24, 2.45) is 0 Å². The van der Waals surface area contributed by atoms with E-state index >= 15 is 0 Å². The molecule has 5 aromatic rings. The summed E-state index contributed by atoms with van der Waals surface area (Å²) in [6.45, 7) is 0. The number of fused-ring (bicyclic) bond motifs is 3. The van der Waals surface area contributed by atoms with Crippen LogP contribution in [0.4, 0.5) is 0 Å². The van der Waals surface area contributed by atoms with E-state index in [2.05, 4.69) is 96.0 Å². The smallest absolute Gasteiger partial charge is 0.0780 e. The van der Waals surface area contributed by atoms with Gasteiger partial charge in [0.1, 0.15) is 0 Å². The maximum absolute atomic E-state index is 4.41. The highest BCUT2D eigenvalue weighted by molar-refractivity contribution is 6.04. The first kappa shape index (κ1) is 16.0. The Morgan fingerprint density at radius 2 is 0.962 bits per heavy atom. The van der Waals surface area contributed by atoms with Crippen molar-refractivity contribution >= 4 is 21.7 Å². The van der Waals surface area contributed by atoms with Crippen molar-refractivity contribution in [2.75, 3.05) is 0 Å². The topological polar surface area (TPSA) is 12.9 Å². The third kappa shape index (κ3) is 3.47. The molecule has 0 N–H and O–H groups in total. The Hall–Kier alpha value is -3.45. The van der Waals surface area contributed by atoms with Gasteiger partial charge in [0.2, 0.25) is 0 Å².